The number of hydrogen-bond acceptors (Lipinski definition) is 0. The molecule has 0 nitrogen and oxygen atoms in total. The Balaban J connectivity index is 2.36. The van der Waals surface area contributed by atoms with Crippen LogP contribution in [0.5, 0.6) is 0 Å². The molecule has 1 atom stereocenters. The van der Waals surface area contributed by atoms with E-state index < -0.39 is 24.7 Å². The predicted octanol–water partition coefficient (Wildman–Crippen LogP) is 9.09. The maximum atomic E-state index is 2.68. The summed E-state index contributed by atoms with van der Waals surface area (Å²) in [6.07, 6.45) is 4.27. The SMILES string of the molecule is CCc1cc(CC)cc([Si](c2ccccc2)(c2cc(CC)cc(CC)c2)C2(C)C(C)=C(C)C(C)=[C]2[Ti]([CH3])([CH3])[CH3])c1. The molecule has 4 rings (SSSR count). The molecule has 3 aromatic carbocycles. The van der Waals surface area contributed by atoms with Crippen LogP contribution < -0.4 is 15.6 Å². The van der Waals surface area contributed by atoms with Gasteiger partial charge in [0.05, 0.1) is 0 Å². The van der Waals surface area contributed by atoms with E-state index >= 15 is 0 Å². The second-order valence-electron chi connectivity index (χ2n) is 13.2. The van der Waals surface area contributed by atoms with Crippen molar-refractivity contribution >= 4 is 23.6 Å². The number of allylic oxidation sites excluding steroid dienone is 4. The average Bonchev–Trinajstić information content (AvgIpc) is 3.13. The third-order valence-electron chi connectivity index (χ3n) is 10.1. The molecule has 0 radical (unpaired) electrons. The number of rotatable bonds is 9. The Labute approximate surface area is 250 Å². The van der Waals surface area contributed by atoms with Crippen LogP contribution in [-0.4, -0.2) is 8.07 Å². The maximum absolute atomic E-state index is 2.69. The zero-order valence-electron chi connectivity index (χ0n) is 27.2. The van der Waals surface area contributed by atoms with Crippen LogP contribution in [0.25, 0.3) is 0 Å². The second-order valence-corrected chi connectivity index (χ2v) is 25.3. The fourth-order valence-corrected chi connectivity index (χ4v) is 21.5. The van der Waals surface area contributed by atoms with E-state index in [1.54, 1.807) is 26.7 Å². The Morgan fingerprint density at radius 2 is 0.975 bits per heavy atom. The number of hydrogen-bond donors (Lipinski definition) is 0. The summed E-state index contributed by atoms with van der Waals surface area (Å²) < 4.78 is 1.82. The molecular formula is C38H52SiTi. The molecule has 2 heteroatoms. The summed E-state index contributed by atoms with van der Waals surface area (Å²) in [5.41, 5.74) is 10.6. The molecule has 212 valence electrons. The first kappa shape index (κ1) is 31.0. The van der Waals surface area contributed by atoms with Crippen LogP contribution in [0.1, 0.15) is 77.6 Å². The fraction of sp³-hybridized carbons (Fsp3) is 0.421. The molecule has 0 fully saturated rings. The molecule has 1 aliphatic rings. The topological polar surface area (TPSA) is 0 Å². The van der Waals surface area contributed by atoms with Gasteiger partial charge < -0.3 is 0 Å². The Bertz CT molecular complexity index is 1350. The van der Waals surface area contributed by atoms with Gasteiger partial charge in [0, 0.05) is 0 Å². The van der Waals surface area contributed by atoms with Gasteiger partial charge in [-0.05, 0) is 0 Å². The van der Waals surface area contributed by atoms with Crippen molar-refractivity contribution in [3.63, 3.8) is 0 Å². The minimum absolute atomic E-state index is 0.0322. The average molecular weight is 585 g/mol. The van der Waals surface area contributed by atoms with Crippen LogP contribution in [0.2, 0.25) is 20.7 Å². The van der Waals surface area contributed by atoms with Crippen molar-refractivity contribution in [1.82, 2.24) is 0 Å². The first-order valence-electron chi connectivity index (χ1n) is 15.6. The van der Waals surface area contributed by atoms with E-state index in [4.69, 9.17) is 0 Å². The molecule has 0 aliphatic heterocycles. The third-order valence-corrected chi connectivity index (χ3v) is 19.8. The van der Waals surface area contributed by atoms with Crippen LogP contribution in [0.3, 0.4) is 0 Å². The van der Waals surface area contributed by atoms with Crippen LogP contribution >= 0.6 is 0 Å². The summed E-state index contributed by atoms with van der Waals surface area (Å²) >= 11 is -2.35. The molecule has 1 unspecified atom stereocenters. The quantitative estimate of drug-likeness (QED) is 0.174. The number of aryl methyl sites for hydroxylation is 4. The second kappa shape index (κ2) is 11.7. The van der Waals surface area contributed by atoms with E-state index in [9.17, 15) is 0 Å². The molecule has 0 amide bonds. The van der Waals surface area contributed by atoms with E-state index in [-0.39, 0.29) is 5.04 Å². The molecule has 0 spiro atoms. The van der Waals surface area contributed by atoms with Gasteiger partial charge >= 0.3 is 252 Å². The van der Waals surface area contributed by atoms with E-state index in [0.29, 0.717) is 0 Å². The van der Waals surface area contributed by atoms with Gasteiger partial charge in [-0.2, -0.15) is 0 Å². The fourth-order valence-electron chi connectivity index (χ4n) is 8.02. The van der Waals surface area contributed by atoms with Crippen molar-refractivity contribution in [2.75, 3.05) is 0 Å². The standard InChI is InChI=1S/C35H43Si.3CH3.Ti/c1-9-28-18-29(10-2)21-33(20-28)36(32-16-14-13-15-17-32,35(8)24-25(5)26(6)27(35)7)34-22-30(11-3)19-31(12-4)23-34;;;;/h13-23H,9-12H2,1-8H3;3*1H3;. The normalized spacial score (nSPS) is 18.2. The molecular weight excluding hydrogens is 532 g/mol. The molecule has 0 heterocycles. The molecule has 0 saturated carbocycles. The van der Waals surface area contributed by atoms with Crippen LogP contribution in [0.15, 0.2) is 87.3 Å². The molecule has 40 heavy (non-hydrogen) atoms. The van der Waals surface area contributed by atoms with Gasteiger partial charge in [-0.3, -0.25) is 0 Å². The van der Waals surface area contributed by atoms with E-state index in [2.05, 4.69) is 138 Å². The number of benzene rings is 3. The Hall–Kier alpha value is -1.93. The molecule has 0 saturated heterocycles. The first-order chi connectivity index (χ1) is 18.9. The van der Waals surface area contributed by atoms with Gasteiger partial charge in [0.25, 0.3) is 0 Å². The molecule has 0 bridgehead atoms. The van der Waals surface area contributed by atoms with Gasteiger partial charge in [0.15, 0.2) is 0 Å². The Kier molecular flexibility index (Phi) is 9.11. The van der Waals surface area contributed by atoms with E-state index in [1.807, 2.05) is 3.88 Å². The molecule has 3 aromatic rings. The first-order valence-corrected chi connectivity index (χ1v) is 23.1. The molecule has 1 aliphatic carbocycles. The van der Waals surface area contributed by atoms with Gasteiger partial charge in [-0.15, -0.1) is 0 Å². The summed E-state index contributed by atoms with van der Waals surface area (Å²) in [6, 6.07) is 27.2. The monoisotopic (exact) mass is 584 g/mol. The Morgan fingerprint density at radius 1 is 0.575 bits per heavy atom. The summed E-state index contributed by atoms with van der Waals surface area (Å²) in [4.78, 5) is 0. The Morgan fingerprint density at radius 3 is 1.32 bits per heavy atom. The molecule has 0 aromatic heterocycles. The van der Waals surface area contributed by atoms with E-state index in [0.717, 1.165) is 25.7 Å². The predicted molar refractivity (Wildman–Crippen MR) is 179 cm³/mol. The summed E-state index contributed by atoms with van der Waals surface area (Å²) in [6.45, 7) is 19.3. The molecule has 0 N–H and O–H groups in total. The third kappa shape index (κ3) is 4.91. The zero-order chi connectivity index (χ0) is 29.5. The van der Waals surface area contributed by atoms with Crippen LogP contribution in [0.4, 0.5) is 0 Å². The van der Waals surface area contributed by atoms with Crippen molar-refractivity contribution in [2.45, 2.75) is 102 Å². The minimum atomic E-state index is -2.69. The van der Waals surface area contributed by atoms with Gasteiger partial charge in [0.1, 0.15) is 0 Å². The van der Waals surface area contributed by atoms with Crippen molar-refractivity contribution in [3.05, 3.63) is 110 Å². The zero-order valence-corrected chi connectivity index (χ0v) is 29.7. The van der Waals surface area contributed by atoms with Crippen LogP contribution in [0, 0.1) is 0 Å². The van der Waals surface area contributed by atoms with E-state index in [1.165, 1.54) is 27.8 Å². The van der Waals surface area contributed by atoms with Crippen molar-refractivity contribution in [1.29, 1.82) is 0 Å². The van der Waals surface area contributed by atoms with Gasteiger partial charge in [-0.1, -0.05) is 0 Å². The summed E-state index contributed by atoms with van der Waals surface area (Å²) in [7, 11) is -2.69. The van der Waals surface area contributed by atoms with Crippen molar-refractivity contribution in [3.8, 4) is 0 Å². The van der Waals surface area contributed by atoms with Crippen molar-refractivity contribution < 1.29 is 16.6 Å². The van der Waals surface area contributed by atoms with Gasteiger partial charge in [-0.25, -0.2) is 0 Å². The van der Waals surface area contributed by atoms with Crippen molar-refractivity contribution in [2.24, 2.45) is 0 Å². The summed E-state index contributed by atoms with van der Waals surface area (Å²) in [5.74, 6) is 0. The van der Waals surface area contributed by atoms with Gasteiger partial charge in [0.2, 0.25) is 0 Å². The van der Waals surface area contributed by atoms with Crippen LogP contribution in [-0.2, 0) is 42.3 Å². The summed E-state index contributed by atoms with van der Waals surface area (Å²) in [5, 5.41) is 12.6.